The number of carbonyl (C=O) groups excluding carboxylic acids is 2. The predicted octanol–water partition coefficient (Wildman–Crippen LogP) is 3.31. The molecule has 3 rings (SSSR count). The second kappa shape index (κ2) is 7.42. The number of amides is 2. The molecule has 1 aromatic carbocycles. The maximum absolute atomic E-state index is 12.5. The number of nitrogens with zero attached hydrogens (tertiary/aromatic N) is 1. The van der Waals surface area contributed by atoms with E-state index in [2.05, 4.69) is 10.7 Å². The van der Waals surface area contributed by atoms with Gasteiger partial charge in [-0.15, -0.1) is 0 Å². The first-order valence-electron chi connectivity index (χ1n) is 7.90. The second-order valence-corrected chi connectivity index (χ2v) is 6.51. The number of nitrogens with one attached hydrogen (secondary N) is 1. The average Bonchev–Trinajstić information content (AvgIpc) is 3.25. The van der Waals surface area contributed by atoms with Crippen LogP contribution in [0.1, 0.15) is 24.8 Å². The number of likely N-dealkylation sites (tertiary alicyclic amines) is 1. The van der Waals surface area contributed by atoms with Gasteiger partial charge in [-0.2, -0.15) is 11.3 Å². The average molecular weight is 328 g/mol. The summed E-state index contributed by atoms with van der Waals surface area (Å²) < 4.78 is 0. The molecule has 2 amide bonds. The molecule has 1 saturated heterocycles. The zero-order valence-electron chi connectivity index (χ0n) is 12.9. The van der Waals surface area contributed by atoms with Gasteiger partial charge < -0.3 is 10.2 Å². The molecule has 1 fully saturated rings. The summed E-state index contributed by atoms with van der Waals surface area (Å²) in [6.07, 6.45) is 2.83. The molecule has 1 atom stereocenters. The van der Waals surface area contributed by atoms with Crippen LogP contribution in [0.4, 0.5) is 5.69 Å². The van der Waals surface area contributed by atoms with Crippen LogP contribution in [-0.4, -0.2) is 29.3 Å². The van der Waals surface area contributed by atoms with Crippen LogP contribution in [0.15, 0.2) is 47.2 Å². The Balaban J connectivity index is 1.58. The van der Waals surface area contributed by atoms with Crippen molar-refractivity contribution < 1.29 is 9.59 Å². The van der Waals surface area contributed by atoms with Crippen molar-refractivity contribution in [3.8, 4) is 0 Å². The van der Waals surface area contributed by atoms with Crippen molar-refractivity contribution in [3.63, 3.8) is 0 Å². The molecule has 120 valence electrons. The molecular formula is C18H20N2O2S. The van der Waals surface area contributed by atoms with E-state index >= 15 is 0 Å². The Kier molecular flexibility index (Phi) is 5.08. The van der Waals surface area contributed by atoms with Crippen LogP contribution in [0, 0.1) is 0 Å². The first kappa shape index (κ1) is 15.7. The summed E-state index contributed by atoms with van der Waals surface area (Å²) in [5.74, 6) is -0.0144. The van der Waals surface area contributed by atoms with E-state index in [4.69, 9.17) is 0 Å². The number of aryl methyl sites for hydroxylation is 1. The minimum absolute atomic E-state index is 0.0712. The van der Waals surface area contributed by atoms with E-state index in [9.17, 15) is 9.59 Å². The first-order valence-corrected chi connectivity index (χ1v) is 8.85. The third kappa shape index (κ3) is 3.99. The lowest BCUT2D eigenvalue weighted by atomic mass is 10.1. The predicted molar refractivity (Wildman–Crippen MR) is 92.4 cm³/mol. The summed E-state index contributed by atoms with van der Waals surface area (Å²) in [7, 11) is 0. The Bertz CT molecular complexity index is 655. The smallest absolute Gasteiger partial charge is 0.247 e. The lowest BCUT2D eigenvalue weighted by Crippen LogP contribution is -2.43. The van der Waals surface area contributed by atoms with Crippen LogP contribution in [0.3, 0.4) is 0 Å². The lowest BCUT2D eigenvalue weighted by Gasteiger charge is -2.24. The molecule has 23 heavy (non-hydrogen) atoms. The normalized spacial score (nSPS) is 17.2. The zero-order valence-corrected chi connectivity index (χ0v) is 13.7. The van der Waals surface area contributed by atoms with Gasteiger partial charge in [0.1, 0.15) is 6.04 Å². The number of hydrogen-bond acceptors (Lipinski definition) is 3. The van der Waals surface area contributed by atoms with Crippen LogP contribution in [0.5, 0.6) is 0 Å². The van der Waals surface area contributed by atoms with Crippen molar-refractivity contribution in [3.05, 3.63) is 52.7 Å². The molecule has 4 nitrogen and oxygen atoms in total. The van der Waals surface area contributed by atoms with Gasteiger partial charge >= 0.3 is 0 Å². The molecule has 0 unspecified atom stereocenters. The molecular weight excluding hydrogens is 308 g/mol. The summed E-state index contributed by atoms with van der Waals surface area (Å²) in [4.78, 5) is 26.7. The molecule has 5 heteroatoms. The summed E-state index contributed by atoms with van der Waals surface area (Å²) >= 11 is 1.64. The number of rotatable bonds is 5. The van der Waals surface area contributed by atoms with Gasteiger partial charge in [0.15, 0.2) is 0 Å². The fourth-order valence-electron chi connectivity index (χ4n) is 2.91. The molecule has 1 N–H and O–H groups in total. The third-order valence-corrected chi connectivity index (χ3v) is 4.86. The Hall–Kier alpha value is -2.14. The Morgan fingerprint density at radius 3 is 2.78 bits per heavy atom. The quantitative estimate of drug-likeness (QED) is 0.915. The number of hydrogen-bond donors (Lipinski definition) is 1. The maximum Gasteiger partial charge on any atom is 0.247 e. The molecule has 2 heterocycles. The molecule has 0 saturated carbocycles. The molecule has 0 radical (unpaired) electrons. The van der Waals surface area contributed by atoms with Crippen molar-refractivity contribution >= 4 is 28.8 Å². The molecule has 1 aliphatic rings. The first-order chi connectivity index (χ1) is 11.2. The van der Waals surface area contributed by atoms with Gasteiger partial charge in [-0.3, -0.25) is 9.59 Å². The zero-order chi connectivity index (χ0) is 16.1. The van der Waals surface area contributed by atoms with Crippen LogP contribution < -0.4 is 5.32 Å². The van der Waals surface area contributed by atoms with Gasteiger partial charge in [-0.1, -0.05) is 18.2 Å². The van der Waals surface area contributed by atoms with E-state index < -0.39 is 0 Å². The minimum atomic E-state index is -0.342. The molecule has 1 aromatic heterocycles. The highest BCUT2D eigenvalue weighted by Crippen LogP contribution is 2.21. The largest absolute Gasteiger partial charge is 0.331 e. The number of thiophene rings is 1. The fourth-order valence-corrected chi connectivity index (χ4v) is 3.62. The van der Waals surface area contributed by atoms with Gasteiger partial charge in [0, 0.05) is 18.7 Å². The van der Waals surface area contributed by atoms with Crippen LogP contribution >= 0.6 is 11.3 Å². The van der Waals surface area contributed by atoms with Crippen molar-refractivity contribution in [1.29, 1.82) is 0 Å². The second-order valence-electron chi connectivity index (χ2n) is 5.73. The summed E-state index contributed by atoms with van der Waals surface area (Å²) in [5, 5.41) is 6.99. The maximum atomic E-state index is 12.5. The topological polar surface area (TPSA) is 49.4 Å². The van der Waals surface area contributed by atoms with Gasteiger partial charge in [-0.05, 0) is 53.8 Å². The standard InChI is InChI=1S/C18H20N2O2S/c21-17(9-8-14-10-12-23-13-14)20-11-4-7-16(20)18(22)19-15-5-2-1-3-6-15/h1-3,5-6,10,12-13,16H,4,7-9,11H2,(H,19,22)/t16-/m0/s1. The van der Waals surface area contributed by atoms with Gasteiger partial charge in [0.2, 0.25) is 11.8 Å². The van der Waals surface area contributed by atoms with Gasteiger partial charge in [-0.25, -0.2) is 0 Å². The van der Waals surface area contributed by atoms with Gasteiger partial charge in [0.25, 0.3) is 0 Å². The fraction of sp³-hybridized carbons (Fsp3) is 0.333. The van der Waals surface area contributed by atoms with Crippen LogP contribution in [0.2, 0.25) is 0 Å². The van der Waals surface area contributed by atoms with E-state index in [1.165, 1.54) is 5.56 Å². The minimum Gasteiger partial charge on any atom is -0.331 e. The van der Waals surface area contributed by atoms with Gasteiger partial charge in [0.05, 0.1) is 0 Å². The van der Waals surface area contributed by atoms with Crippen molar-refractivity contribution in [2.24, 2.45) is 0 Å². The summed E-state index contributed by atoms with van der Waals surface area (Å²) in [5.41, 5.74) is 1.96. The number of benzene rings is 1. The third-order valence-electron chi connectivity index (χ3n) is 4.12. The lowest BCUT2D eigenvalue weighted by molar-refractivity contribution is -0.136. The SMILES string of the molecule is O=C(Nc1ccccc1)[C@@H]1CCCN1C(=O)CCc1ccsc1. The molecule has 1 aliphatic heterocycles. The molecule has 2 aromatic rings. The number of para-hydroxylation sites is 1. The van der Waals surface area contributed by atoms with Crippen molar-refractivity contribution in [2.45, 2.75) is 31.7 Å². The molecule has 0 bridgehead atoms. The van der Waals surface area contributed by atoms with Crippen LogP contribution in [0.25, 0.3) is 0 Å². The van der Waals surface area contributed by atoms with Crippen molar-refractivity contribution in [2.75, 3.05) is 11.9 Å². The Labute approximate surface area is 140 Å². The monoisotopic (exact) mass is 328 g/mol. The molecule has 0 aliphatic carbocycles. The highest BCUT2D eigenvalue weighted by Gasteiger charge is 2.33. The Morgan fingerprint density at radius 2 is 2.04 bits per heavy atom. The van der Waals surface area contributed by atoms with Crippen LogP contribution in [-0.2, 0) is 16.0 Å². The highest BCUT2D eigenvalue weighted by atomic mass is 32.1. The molecule has 0 spiro atoms. The Morgan fingerprint density at radius 1 is 1.22 bits per heavy atom. The summed E-state index contributed by atoms with van der Waals surface area (Å²) in [6, 6.07) is 11.1. The summed E-state index contributed by atoms with van der Waals surface area (Å²) in [6.45, 7) is 0.676. The number of anilines is 1. The van der Waals surface area contributed by atoms with E-state index in [1.54, 1.807) is 16.2 Å². The van der Waals surface area contributed by atoms with E-state index in [0.717, 1.165) is 24.9 Å². The van der Waals surface area contributed by atoms with E-state index in [0.29, 0.717) is 13.0 Å². The van der Waals surface area contributed by atoms with E-state index in [1.807, 2.05) is 41.8 Å². The number of carbonyl (C=O) groups is 2. The van der Waals surface area contributed by atoms with E-state index in [-0.39, 0.29) is 17.9 Å². The van der Waals surface area contributed by atoms with Crippen molar-refractivity contribution in [1.82, 2.24) is 4.90 Å². The highest BCUT2D eigenvalue weighted by molar-refractivity contribution is 7.07.